The van der Waals surface area contributed by atoms with Gasteiger partial charge in [0.2, 0.25) is 5.75 Å². The number of hydrogen-bond donors (Lipinski definition) is 1. The summed E-state index contributed by atoms with van der Waals surface area (Å²) >= 11 is 0. The van der Waals surface area contributed by atoms with E-state index in [-0.39, 0.29) is 48.2 Å². The first-order valence-corrected chi connectivity index (χ1v) is 13.3. The van der Waals surface area contributed by atoms with Gasteiger partial charge in [-0.2, -0.15) is 18.3 Å². The molecule has 10 nitrogen and oxygen atoms in total. The lowest BCUT2D eigenvalue weighted by Gasteiger charge is -2.17. The van der Waals surface area contributed by atoms with E-state index in [9.17, 15) is 28.1 Å². The van der Waals surface area contributed by atoms with Crippen LogP contribution in [0.15, 0.2) is 96.2 Å². The van der Waals surface area contributed by atoms with E-state index in [1.165, 1.54) is 18.2 Å². The van der Waals surface area contributed by atoms with E-state index in [0.717, 1.165) is 23.4 Å². The molecule has 0 aliphatic carbocycles. The molecule has 0 aliphatic rings. The maximum atomic E-state index is 13.8. The number of rotatable bonds is 12. The van der Waals surface area contributed by atoms with Gasteiger partial charge in [-0.25, -0.2) is 10.2 Å². The summed E-state index contributed by atoms with van der Waals surface area (Å²) in [5.74, 6) is -0.242. The topological polar surface area (TPSA) is 125 Å². The van der Waals surface area contributed by atoms with Gasteiger partial charge < -0.3 is 14.2 Å². The van der Waals surface area contributed by atoms with Crippen molar-refractivity contribution in [3.05, 3.63) is 129 Å². The highest BCUT2D eigenvalue weighted by Gasteiger charge is 2.35. The quantitative estimate of drug-likeness (QED) is 0.106. The molecule has 1 heterocycles. The normalized spacial score (nSPS) is 11.5. The molecule has 228 valence electrons. The summed E-state index contributed by atoms with van der Waals surface area (Å²) in [4.78, 5) is 27.1. The zero-order chi connectivity index (χ0) is 31.5. The van der Waals surface area contributed by atoms with Crippen LogP contribution in [0.25, 0.3) is 0 Å². The number of hydrogen-bond acceptors (Lipinski definition) is 8. The van der Waals surface area contributed by atoms with Crippen LogP contribution in [-0.4, -0.2) is 28.3 Å². The predicted octanol–water partition coefficient (Wildman–Crippen LogP) is 6.86. The Morgan fingerprint density at radius 1 is 0.955 bits per heavy atom. The Bertz CT molecular complexity index is 1620. The molecular weight excluding hydrogens is 581 g/mol. The van der Waals surface area contributed by atoms with Crippen molar-refractivity contribution in [1.29, 1.82) is 0 Å². The molecule has 3 aromatic carbocycles. The lowest BCUT2D eigenvalue weighted by atomic mass is 9.99. The van der Waals surface area contributed by atoms with Gasteiger partial charge in [-0.05, 0) is 35.7 Å². The smallest absolute Gasteiger partial charge is 0.433 e. The Morgan fingerprint density at radius 3 is 2.18 bits per heavy atom. The maximum Gasteiger partial charge on any atom is 0.433 e. The van der Waals surface area contributed by atoms with E-state index < -0.39 is 35.0 Å². The number of nitro benzene ring substituents is 1. The van der Waals surface area contributed by atoms with Crippen molar-refractivity contribution in [3.63, 3.8) is 0 Å². The molecule has 0 saturated heterocycles. The van der Waals surface area contributed by atoms with Gasteiger partial charge in [-0.3, -0.25) is 15.1 Å². The molecule has 0 aliphatic heterocycles. The van der Waals surface area contributed by atoms with Crippen molar-refractivity contribution in [3.8, 4) is 11.5 Å². The minimum absolute atomic E-state index is 0.000554. The van der Waals surface area contributed by atoms with E-state index >= 15 is 0 Å². The van der Waals surface area contributed by atoms with E-state index in [1.807, 2.05) is 12.1 Å². The van der Waals surface area contributed by atoms with Gasteiger partial charge in [0.1, 0.15) is 18.9 Å². The van der Waals surface area contributed by atoms with Gasteiger partial charge in [-0.15, -0.1) is 0 Å². The summed E-state index contributed by atoms with van der Waals surface area (Å²) in [6.45, 7) is 1.54. The molecule has 13 heteroatoms. The number of halogens is 3. The van der Waals surface area contributed by atoms with Gasteiger partial charge in [0.15, 0.2) is 5.75 Å². The van der Waals surface area contributed by atoms with Crippen molar-refractivity contribution in [2.45, 2.75) is 32.7 Å². The fraction of sp³-hybridized carbons (Fsp3) is 0.194. The number of carbonyl (C=O) groups is 1. The van der Waals surface area contributed by atoms with Crippen molar-refractivity contribution >= 4 is 17.5 Å². The van der Waals surface area contributed by atoms with Crippen LogP contribution in [0.5, 0.6) is 11.5 Å². The second-order valence-corrected chi connectivity index (χ2v) is 9.20. The highest BCUT2D eigenvalue weighted by Crippen LogP contribution is 2.40. The summed E-state index contributed by atoms with van der Waals surface area (Å²) in [7, 11) is 0. The third kappa shape index (κ3) is 8.53. The SMILES string of the molecule is CCOC(=O)N/N=C(\Cc1cccnc1C(F)(F)F)c1cc(OCc2ccccc2)c(OCc2ccccc2)c([N+](=O)[O-])c1. The summed E-state index contributed by atoms with van der Waals surface area (Å²) in [5, 5.41) is 16.3. The summed E-state index contributed by atoms with van der Waals surface area (Å²) in [5.41, 5.74) is 1.50. The largest absolute Gasteiger partial charge is 0.485 e. The van der Waals surface area contributed by atoms with Crippen LogP contribution < -0.4 is 14.9 Å². The number of hydrazone groups is 1. The fourth-order valence-electron chi connectivity index (χ4n) is 4.11. The van der Waals surface area contributed by atoms with Crippen LogP contribution in [0.2, 0.25) is 0 Å². The van der Waals surface area contributed by atoms with Crippen LogP contribution in [0.3, 0.4) is 0 Å². The zero-order valence-corrected chi connectivity index (χ0v) is 23.4. The molecule has 1 aromatic heterocycles. The monoisotopic (exact) mass is 608 g/mol. The van der Waals surface area contributed by atoms with Crippen molar-refractivity contribution in [1.82, 2.24) is 10.4 Å². The Hall–Kier alpha value is -5.46. The number of pyridine rings is 1. The molecule has 1 N–H and O–H groups in total. The molecule has 44 heavy (non-hydrogen) atoms. The summed E-state index contributed by atoms with van der Waals surface area (Å²) in [6, 6.07) is 22.9. The minimum atomic E-state index is -4.79. The molecule has 0 fully saturated rings. The molecule has 1 amide bonds. The molecule has 0 atom stereocenters. The van der Waals surface area contributed by atoms with Crippen LogP contribution in [0.1, 0.15) is 34.9 Å². The first kappa shape index (κ1) is 31.5. The molecule has 4 aromatic rings. The highest BCUT2D eigenvalue weighted by atomic mass is 19.4. The lowest BCUT2D eigenvalue weighted by molar-refractivity contribution is -0.386. The standard InChI is InChI=1S/C31H27F3N4O6/c1-2-42-30(39)37-36-25(16-23-14-9-15-35-29(23)31(32,33)34)24-17-26(38(40)41)28(44-20-22-12-7-4-8-13-22)27(18-24)43-19-21-10-5-3-6-11-21/h3-15,17-18H,2,16,19-20H2,1H3,(H,37,39)/b36-25+. The Balaban J connectivity index is 1.82. The van der Waals surface area contributed by atoms with Gasteiger partial charge in [0, 0.05) is 24.2 Å². The molecular formula is C31H27F3N4O6. The summed E-state index contributed by atoms with van der Waals surface area (Å²) in [6.07, 6.45) is -5.26. The number of nitrogens with zero attached hydrogens (tertiary/aromatic N) is 3. The number of nitrogens with one attached hydrogen (secondary N) is 1. The van der Waals surface area contributed by atoms with Gasteiger partial charge in [0.05, 0.1) is 17.2 Å². The predicted molar refractivity (Wildman–Crippen MR) is 154 cm³/mol. The lowest BCUT2D eigenvalue weighted by Crippen LogP contribution is -2.23. The van der Waals surface area contributed by atoms with E-state index in [2.05, 4.69) is 15.5 Å². The molecule has 0 bridgehead atoms. The molecule has 4 rings (SSSR count). The number of ether oxygens (including phenoxy) is 3. The molecule has 0 saturated carbocycles. The van der Waals surface area contributed by atoms with Crippen molar-refractivity contribution < 1.29 is 37.1 Å². The number of aromatic nitrogens is 1. The number of alkyl halides is 3. The molecule has 0 unspecified atom stereocenters. The Kier molecular flexibility index (Phi) is 10.5. The zero-order valence-electron chi connectivity index (χ0n) is 23.4. The average molecular weight is 609 g/mol. The van der Waals surface area contributed by atoms with Crippen LogP contribution >= 0.6 is 0 Å². The average Bonchev–Trinajstić information content (AvgIpc) is 3.01. The number of amides is 1. The Labute approximate surface area is 250 Å². The van der Waals surface area contributed by atoms with E-state index in [4.69, 9.17) is 14.2 Å². The third-order valence-corrected chi connectivity index (χ3v) is 6.10. The van der Waals surface area contributed by atoms with Gasteiger partial charge in [-0.1, -0.05) is 66.7 Å². The fourth-order valence-corrected chi connectivity index (χ4v) is 4.11. The number of benzene rings is 3. The van der Waals surface area contributed by atoms with Crippen LogP contribution in [0, 0.1) is 10.1 Å². The third-order valence-electron chi connectivity index (χ3n) is 6.10. The number of carbonyl (C=O) groups excluding carboxylic acids is 1. The van der Waals surface area contributed by atoms with E-state index in [1.54, 1.807) is 55.5 Å². The molecule has 0 radical (unpaired) electrons. The maximum absolute atomic E-state index is 13.8. The number of nitro groups is 1. The van der Waals surface area contributed by atoms with Gasteiger partial charge in [0.25, 0.3) is 0 Å². The van der Waals surface area contributed by atoms with Crippen molar-refractivity contribution in [2.75, 3.05) is 6.61 Å². The molecule has 0 spiro atoms. The Morgan fingerprint density at radius 2 is 1.59 bits per heavy atom. The van der Waals surface area contributed by atoms with Crippen LogP contribution in [0.4, 0.5) is 23.7 Å². The van der Waals surface area contributed by atoms with Crippen LogP contribution in [-0.2, 0) is 30.5 Å². The second-order valence-electron chi connectivity index (χ2n) is 9.20. The minimum Gasteiger partial charge on any atom is -0.485 e. The first-order chi connectivity index (χ1) is 21.2. The first-order valence-electron chi connectivity index (χ1n) is 13.3. The second kappa shape index (κ2) is 14.6. The van der Waals surface area contributed by atoms with Crippen molar-refractivity contribution in [2.24, 2.45) is 5.10 Å². The summed E-state index contributed by atoms with van der Waals surface area (Å²) < 4.78 is 58.0. The van der Waals surface area contributed by atoms with E-state index in [0.29, 0.717) is 0 Å². The van der Waals surface area contributed by atoms with Gasteiger partial charge >= 0.3 is 18.0 Å². The highest BCUT2D eigenvalue weighted by molar-refractivity contribution is 6.03.